The minimum absolute atomic E-state index is 0.556. The first-order valence-corrected chi connectivity index (χ1v) is 7.90. The first kappa shape index (κ1) is 16.7. The third-order valence-electron chi connectivity index (χ3n) is 3.90. The predicted octanol–water partition coefficient (Wildman–Crippen LogP) is 1.70. The van der Waals surface area contributed by atoms with Gasteiger partial charge in [-0.3, -0.25) is 4.90 Å². The van der Waals surface area contributed by atoms with E-state index in [4.69, 9.17) is 4.74 Å². The molecular formula is C17H26N4O. The van der Waals surface area contributed by atoms with Crippen LogP contribution in [0.2, 0.25) is 0 Å². The molecule has 0 saturated heterocycles. The number of hydrogen-bond acceptors (Lipinski definition) is 5. The lowest BCUT2D eigenvalue weighted by molar-refractivity contribution is 0.330. The van der Waals surface area contributed by atoms with Crippen LogP contribution in [0.3, 0.4) is 0 Å². The molecule has 0 bridgehead atoms. The average molecular weight is 302 g/mol. The molecule has 0 atom stereocenters. The predicted molar refractivity (Wildman–Crippen MR) is 87.5 cm³/mol. The van der Waals surface area contributed by atoms with Crippen LogP contribution in [0.4, 0.5) is 0 Å². The number of nitrogens with zero attached hydrogens (tertiary/aromatic N) is 3. The van der Waals surface area contributed by atoms with Crippen molar-refractivity contribution in [3.63, 3.8) is 0 Å². The Morgan fingerprint density at radius 3 is 2.59 bits per heavy atom. The first-order chi connectivity index (χ1) is 10.7. The second kappa shape index (κ2) is 8.72. The molecule has 0 spiro atoms. The van der Waals surface area contributed by atoms with Crippen LogP contribution in [0.1, 0.15) is 31.4 Å². The minimum atomic E-state index is 0.556. The van der Waals surface area contributed by atoms with E-state index in [9.17, 15) is 0 Å². The van der Waals surface area contributed by atoms with Crippen molar-refractivity contribution in [3.8, 4) is 17.7 Å². The summed E-state index contributed by atoms with van der Waals surface area (Å²) in [6.45, 7) is 1.62. The SMILES string of the molecule is COc1ccc(CNC2CCC(C#CCN(C)C)CC2)nn1. The highest BCUT2D eigenvalue weighted by Crippen LogP contribution is 2.23. The monoisotopic (exact) mass is 302 g/mol. The van der Waals surface area contributed by atoms with Crippen molar-refractivity contribution < 1.29 is 4.74 Å². The molecule has 1 aromatic rings. The Morgan fingerprint density at radius 2 is 2.00 bits per heavy atom. The van der Waals surface area contributed by atoms with Crippen molar-refractivity contribution in [2.75, 3.05) is 27.7 Å². The van der Waals surface area contributed by atoms with Gasteiger partial charge in [0.15, 0.2) is 0 Å². The lowest BCUT2D eigenvalue weighted by atomic mass is 9.86. The molecule has 0 unspecified atom stereocenters. The van der Waals surface area contributed by atoms with Crippen LogP contribution >= 0.6 is 0 Å². The Kier molecular flexibility index (Phi) is 6.63. The topological polar surface area (TPSA) is 50.3 Å². The van der Waals surface area contributed by atoms with E-state index in [-0.39, 0.29) is 0 Å². The maximum Gasteiger partial charge on any atom is 0.233 e. The summed E-state index contributed by atoms with van der Waals surface area (Å²) in [6, 6.07) is 4.37. The van der Waals surface area contributed by atoms with Gasteiger partial charge in [0, 0.05) is 24.6 Å². The van der Waals surface area contributed by atoms with E-state index in [1.54, 1.807) is 7.11 Å². The number of rotatable bonds is 5. The number of aromatic nitrogens is 2. The van der Waals surface area contributed by atoms with E-state index >= 15 is 0 Å². The van der Waals surface area contributed by atoms with Crippen LogP contribution < -0.4 is 10.1 Å². The highest BCUT2D eigenvalue weighted by molar-refractivity contribution is 5.11. The zero-order valence-corrected chi connectivity index (χ0v) is 13.8. The second-order valence-electron chi connectivity index (χ2n) is 6.06. The van der Waals surface area contributed by atoms with Gasteiger partial charge in [-0.15, -0.1) is 5.10 Å². The Balaban J connectivity index is 1.69. The number of hydrogen-bond donors (Lipinski definition) is 1. The molecule has 120 valence electrons. The molecule has 1 saturated carbocycles. The zero-order valence-electron chi connectivity index (χ0n) is 13.8. The molecule has 0 radical (unpaired) electrons. The van der Waals surface area contributed by atoms with Crippen molar-refractivity contribution in [1.29, 1.82) is 0 Å². The van der Waals surface area contributed by atoms with E-state index < -0.39 is 0 Å². The number of methoxy groups -OCH3 is 1. The summed E-state index contributed by atoms with van der Waals surface area (Å²) in [5.41, 5.74) is 0.952. The second-order valence-corrected chi connectivity index (χ2v) is 6.06. The van der Waals surface area contributed by atoms with E-state index in [1.165, 1.54) is 25.7 Å². The van der Waals surface area contributed by atoms with Crippen LogP contribution in [-0.4, -0.2) is 48.9 Å². The summed E-state index contributed by atoms with van der Waals surface area (Å²) in [6.07, 6.45) is 4.74. The molecule has 0 aliphatic heterocycles. The summed E-state index contributed by atoms with van der Waals surface area (Å²) >= 11 is 0. The molecule has 0 aromatic carbocycles. The standard InChI is InChI=1S/C17H26N4O/c1-21(2)12-4-5-14-6-8-15(9-7-14)18-13-16-10-11-17(22-3)20-19-16/h10-11,14-15,18H,6-9,12-13H2,1-3H3. The van der Waals surface area contributed by atoms with Gasteiger partial charge in [-0.05, 0) is 45.8 Å². The van der Waals surface area contributed by atoms with E-state index in [0.717, 1.165) is 18.8 Å². The third-order valence-corrected chi connectivity index (χ3v) is 3.90. The smallest absolute Gasteiger partial charge is 0.233 e. The van der Waals surface area contributed by atoms with Crippen LogP contribution in [-0.2, 0) is 6.54 Å². The minimum Gasteiger partial charge on any atom is -0.480 e. The van der Waals surface area contributed by atoms with Gasteiger partial charge >= 0.3 is 0 Å². The maximum atomic E-state index is 5.01. The fourth-order valence-corrected chi connectivity index (χ4v) is 2.59. The fourth-order valence-electron chi connectivity index (χ4n) is 2.59. The van der Waals surface area contributed by atoms with Gasteiger partial charge in [0.25, 0.3) is 0 Å². The quantitative estimate of drug-likeness (QED) is 0.839. The lowest BCUT2D eigenvalue weighted by Gasteiger charge is -2.26. The number of nitrogens with one attached hydrogen (secondary N) is 1. The van der Waals surface area contributed by atoms with Gasteiger partial charge in [-0.25, -0.2) is 0 Å². The third kappa shape index (κ3) is 5.63. The van der Waals surface area contributed by atoms with Gasteiger partial charge in [-0.2, -0.15) is 5.10 Å². The van der Waals surface area contributed by atoms with Gasteiger partial charge in [0.05, 0.1) is 19.3 Å². The Labute approximate surface area is 133 Å². The molecule has 5 nitrogen and oxygen atoms in total. The van der Waals surface area contributed by atoms with Crippen LogP contribution in [0.25, 0.3) is 0 Å². The molecule has 1 aromatic heterocycles. The zero-order chi connectivity index (χ0) is 15.8. The van der Waals surface area contributed by atoms with Crippen molar-refractivity contribution in [2.45, 2.75) is 38.3 Å². The molecule has 5 heteroatoms. The summed E-state index contributed by atoms with van der Waals surface area (Å²) in [5, 5.41) is 11.7. The van der Waals surface area contributed by atoms with Gasteiger partial charge < -0.3 is 10.1 Å². The molecule has 1 heterocycles. The summed E-state index contributed by atoms with van der Waals surface area (Å²) in [4.78, 5) is 2.11. The Morgan fingerprint density at radius 1 is 1.23 bits per heavy atom. The molecular weight excluding hydrogens is 276 g/mol. The van der Waals surface area contributed by atoms with E-state index in [1.807, 2.05) is 12.1 Å². The fraction of sp³-hybridized carbons (Fsp3) is 0.647. The normalized spacial score (nSPS) is 21.3. The van der Waals surface area contributed by atoms with Gasteiger partial charge in [-0.1, -0.05) is 11.8 Å². The Bertz CT molecular complexity index is 496. The lowest BCUT2D eigenvalue weighted by Crippen LogP contribution is -2.32. The van der Waals surface area contributed by atoms with Gasteiger partial charge in [0.1, 0.15) is 0 Å². The summed E-state index contributed by atoms with van der Waals surface area (Å²) < 4.78 is 5.01. The van der Waals surface area contributed by atoms with Crippen molar-refractivity contribution in [1.82, 2.24) is 20.4 Å². The van der Waals surface area contributed by atoms with Crippen molar-refractivity contribution in [2.24, 2.45) is 5.92 Å². The average Bonchev–Trinajstić information content (AvgIpc) is 2.54. The van der Waals surface area contributed by atoms with Crippen LogP contribution in [0, 0.1) is 17.8 Å². The molecule has 0 amide bonds. The maximum absolute atomic E-state index is 5.01. The Hall–Kier alpha value is -1.64. The molecule has 1 fully saturated rings. The molecule has 2 rings (SSSR count). The highest BCUT2D eigenvalue weighted by atomic mass is 16.5. The van der Waals surface area contributed by atoms with E-state index in [2.05, 4.69) is 46.4 Å². The summed E-state index contributed by atoms with van der Waals surface area (Å²) in [7, 11) is 5.71. The van der Waals surface area contributed by atoms with Crippen LogP contribution in [0.15, 0.2) is 12.1 Å². The van der Waals surface area contributed by atoms with Crippen molar-refractivity contribution in [3.05, 3.63) is 17.8 Å². The molecule has 1 aliphatic rings. The summed E-state index contributed by atoms with van der Waals surface area (Å²) in [5.74, 6) is 7.79. The highest BCUT2D eigenvalue weighted by Gasteiger charge is 2.19. The van der Waals surface area contributed by atoms with Crippen LogP contribution in [0.5, 0.6) is 5.88 Å². The largest absolute Gasteiger partial charge is 0.480 e. The van der Waals surface area contributed by atoms with Crippen molar-refractivity contribution >= 4 is 0 Å². The molecule has 1 aliphatic carbocycles. The van der Waals surface area contributed by atoms with Gasteiger partial charge in [0.2, 0.25) is 5.88 Å². The molecule has 1 N–H and O–H groups in total. The van der Waals surface area contributed by atoms with E-state index in [0.29, 0.717) is 17.8 Å². The molecule has 22 heavy (non-hydrogen) atoms. The first-order valence-electron chi connectivity index (χ1n) is 7.90. The number of ether oxygens (including phenoxy) is 1.